The van der Waals surface area contributed by atoms with Crippen molar-refractivity contribution in [1.29, 1.82) is 0 Å². The maximum Gasteiger partial charge on any atom is 0.160 e. The van der Waals surface area contributed by atoms with E-state index in [0.29, 0.717) is 0 Å². The van der Waals surface area contributed by atoms with Crippen molar-refractivity contribution < 1.29 is 0 Å². The van der Waals surface area contributed by atoms with Crippen LogP contribution < -0.4 is 0 Å². The van der Waals surface area contributed by atoms with Crippen molar-refractivity contribution in [3.63, 3.8) is 0 Å². The number of hydrogen-bond acceptors (Lipinski definition) is 0. The molecule has 0 saturated carbocycles. The highest BCUT2D eigenvalue weighted by atomic mass is 31.2. The molecule has 0 atom stereocenters. The van der Waals surface area contributed by atoms with Gasteiger partial charge in [-0.05, 0) is 83.9 Å². The Morgan fingerprint density at radius 3 is 0.719 bits per heavy atom. The molecule has 0 aliphatic carbocycles. The van der Waals surface area contributed by atoms with E-state index >= 15 is 0 Å². The molecule has 0 radical (unpaired) electrons. The Morgan fingerprint density at radius 1 is 0.406 bits per heavy atom. The Balaban J connectivity index is 0. The van der Waals surface area contributed by atoms with Crippen LogP contribution in [-0.4, -0.2) is 70.4 Å². The van der Waals surface area contributed by atoms with E-state index in [9.17, 15) is 0 Å². The summed E-state index contributed by atoms with van der Waals surface area (Å²) in [5.74, 6) is 3.10. The molecular weight excluding hydrogens is 460 g/mol. The topological polar surface area (TPSA) is 0 Å². The second-order valence-electron chi connectivity index (χ2n) is 12.8. The van der Waals surface area contributed by atoms with Crippen LogP contribution in [0.3, 0.4) is 0 Å². The first kappa shape index (κ1) is 35.9. The first-order valence-corrected chi connectivity index (χ1v) is 21.9. The van der Waals surface area contributed by atoms with Crippen molar-refractivity contribution in [3.05, 3.63) is 0 Å². The van der Waals surface area contributed by atoms with Crippen molar-refractivity contribution in [2.45, 2.75) is 156 Å². The zero-order valence-corrected chi connectivity index (χ0v) is 29.4. The molecule has 0 N–H and O–H groups in total. The van der Waals surface area contributed by atoms with Gasteiger partial charge in [0.2, 0.25) is 0 Å². The maximum atomic E-state index is 2.63. The zero-order valence-electron chi connectivity index (χ0n) is 25.8. The van der Waals surface area contributed by atoms with E-state index in [1.807, 2.05) is 0 Å². The quantitative estimate of drug-likeness (QED) is 0.222. The molecule has 4 heteroatoms. The van der Waals surface area contributed by atoms with Crippen LogP contribution >= 0.6 is 30.4 Å². The van der Waals surface area contributed by atoms with Gasteiger partial charge in [-0.15, -0.1) is 0 Å². The predicted octanol–water partition coefficient (Wildman–Crippen LogP) is 11.4. The van der Waals surface area contributed by atoms with Gasteiger partial charge >= 0.3 is 0 Å². The summed E-state index contributed by atoms with van der Waals surface area (Å²) < 4.78 is 0. The first-order valence-electron chi connectivity index (χ1n) is 13.5. The monoisotopic (exact) mass is 526 g/mol. The van der Waals surface area contributed by atoms with Gasteiger partial charge in [-0.25, -0.2) is 0 Å². The van der Waals surface area contributed by atoms with Crippen molar-refractivity contribution in [2.24, 2.45) is 0 Å². The summed E-state index contributed by atoms with van der Waals surface area (Å²) in [6.45, 7) is 44.2. The van der Waals surface area contributed by atoms with E-state index in [2.05, 4.69) is 124 Å². The fourth-order valence-electron chi connectivity index (χ4n) is 4.54. The molecule has 0 aliphatic heterocycles. The van der Waals surface area contributed by atoms with E-state index in [1.54, 1.807) is 5.90 Å². The van der Waals surface area contributed by atoms with Crippen LogP contribution in [0.15, 0.2) is 0 Å². The van der Waals surface area contributed by atoms with Gasteiger partial charge in [-0.3, -0.25) is 0 Å². The summed E-state index contributed by atoms with van der Waals surface area (Å²) in [6, 6.07) is 0. The van der Waals surface area contributed by atoms with Gasteiger partial charge in [0.1, 0.15) is 0 Å². The van der Waals surface area contributed by atoms with Crippen LogP contribution in [0.4, 0.5) is 0 Å². The minimum Gasteiger partial charge on any atom is -0.0970 e. The molecule has 0 unspecified atom stereocenters. The highest BCUT2D eigenvalue weighted by molar-refractivity contribution is 7.92. The Hall–Kier alpha value is 1.72. The fraction of sp³-hybridized carbons (Fsp3) is 1.00. The number of hydrogen-bond donors (Lipinski definition) is 0. The molecule has 0 amide bonds. The van der Waals surface area contributed by atoms with Crippen LogP contribution in [0.1, 0.15) is 111 Å². The molecule has 0 fully saturated rings. The summed E-state index contributed by atoms with van der Waals surface area (Å²) in [7, 11) is -1.09. The molecule has 0 aromatic rings. The van der Waals surface area contributed by atoms with Crippen molar-refractivity contribution in [3.8, 4) is 0 Å². The smallest absolute Gasteiger partial charge is 0.0970 e. The minimum atomic E-state index is -0.793. The van der Waals surface area contributed by atoms with Crippen molar-refractivity contribution in [2.75, 3.05) is 25.1 Å². The zero-order chi connectivity index (χ0) is 26.2. The Kier molecular flexibility index (Phi) is 17.7. The van der Waals surface area contributed by atoms with Gasteiger partial charge in [0.05, 0.1) is 50.5 Å². The molecule has 0 nitrogen and oxygen atoms in total. The lowest BCUT2D eigenvalue weighted by atomic mass is 10.5. The highest BCUT2D eigenvalue weighted by Crippen LogP contribution is 2.78. The summed E-state index contributed by atoms with van der Waals surface area (Å²) in [6.07, 6.45) is 0. The van der Waals surface area contributed by atoms with Gasteiger partial charge in [-0.1, -0.05) is 71.2 Å². The fourth-order valence-corrected chi connectivity index (χ4v) is 26.5. The maximum absolute atomic E-state index is 2.63. The second kappa shape index (κ2) is 15.7. The average Bonchev–Trinajstić information content (AvgIpc) is 2.60. The van der Waals surface area contributed by atoms with Gasteiger partial charge < -0.3 is 0 Å². The standard InChI is InChI=1S/C15H36P2.C13H30P2/c1-12(2)16(9,13(3)4)11-17(10,14(5)6)15(7)8;1-10(2)14(11(3)4)9-15(12(5)6)13(7)8/h12-15H,11H2,1-10H3;10-13H,9H2,1-8H3/q+2;. The molecule has 196 valence electrons. The van der Waals surface area contributed by atoms with Gasteiger partial charge in [0.25, 0.3) is 0 Å². The van der Waals surface area contributed by atoms with Gasteiger partial charge in [-0.2, -0.15) is 0 Å². The van der Waals surface area contributed by atoms with Crippen molar-refractivity contribution >= 4 is 30.4 Å². The largest absolute Gasteiger partial charge is 0.160 e. The summed E-state index contributed by atoms with van der Waals surface area (Å²) in [5.41, 5.74) is 7.17. The Bertz CT molecular complexity index is 404. The number of rotatable bonds is 12. The molecule has 0 heterocycles. The van der Waals surface area contributed by atoms with Crippen LogP contribution in [0.5, 0.6) is 0 Å². The van der Waals surface area contributed by atoms with E-state index in [0.717, 1.165) is 45.3 Å². The van der Waals surface area contributed by atoms with E-state index in [4.69, 9.17) is 0 Å². The lowest BCUT2D eigenvalue weighted by molar-refractivity contribution is 0.965. The third-order valence-corrected chi connectivity index (χ3v) is 30.5. The first-order chi connectivity index (χ1) is 14.2. The molecule has 0 aromatic heterocycles. The molecular formula is C28H66P4+2. The van der Waals surface area contributed by atoms with E-state index in [-0.39, 0.29) is 15.8 Å². The van der Waals surface area contributed by atoms with Crippen LogP contribution in [-0.2, 0) is 0 Å². The van der Waals surface area contributed by atoms with Crippen LogP contribution in [0.2, 0.25) is 0 Å². The van der Waals surface area contributed by atoms with Crippen LogP contribution in [0.25, 0.3) is 0 Å². The van der Waals surface area contributed by atoms with Gasteiger partial charge in [0, 0.05) is 0 Å². The summed E-state index contributed by atoms with van der Waals surface area (Å²) >= 11 is 0. The highest BCUT2D eigenvalue weighted by Gasteiger charge is 2.52. The third-order valence-electron chi connectivity index (χ3n) is 8.31. The normalized spacial score (nSPS) is 13.9. The molecule has 0 spiro atoms. The van der Waals surface area contributed by atoms with Crippen LogP contribution in [0, 0.1) is 0 Å². The van der Waals surface area contributed by atoms with E-state index < -0.39 is 14.5 Å². The minimum absolute atomic E-state index is 0.246. The molecule has 0 aliphatic rings. The summed E-state index contributed by atoms with van der Waals surface area (Å²) in [5, 5.41) is 0. The second-order valence-corrected chi connectivity index (χ2v) is 30.7. The molecule has 0 bridgehead atoms. The van der Waals surface area contributed by atoms with Gasteiger partial charge in [0.15, 0.2) is 5.90 Å². The molecule has 0 rings (SSSR count). The molecule has 32 heavy (non-hydrogen) atoms. The lowest BCUT2D eigenvalue weighted by Crippen LogP contribution is -2.25. The SMILES string of the molecule is CC(C)P(CP(C(C)C)C(C)C)C(C)C.CC(C)[P+](C)(C[P+](C)(C(C)C)C(C)C)C(C)C. The summed E-state index contributed by atoms with van der Waals surface area (Å²) in [4.78, 5) is 0. The molecule has 0 saturated heterocycles. The Morgan fingerprint density at radius 2 is 0.594 bits per heavy atom. The molecule has 0 aromatic carbocycles. The third kappa shape index (κ3) is 11.2. The predicted molar refractivity (Wildman–Crippen MR) is 170 cm³/mol. The Labute approximate surface area is 211 Å². The lowest BCUT2D eigenvalue weighted by Gasteiger charge is -2.39. The van der Waals surface area contributed by atoms with Crippen molar-refractivity contribution in [1.82, 2.24) is 0 Å². The average molecular weight is 527 g/mol. The van der Waals surface area contributed by atoms with E-state index in [1.165, 1.54) is 5.90 Å².